The number of nitriles is 1. The van der Waals surface area contributed by atoms with Crippen LogP contribution in [0.5, 0.6) is 0 Å². The van der Waals surface area contributed by atoms with Crippen molar-refractivity contribution in [1.29, 1.82) is 5.26 Å². The third-order valence-corrected chi connectivity index (χ3v) is 2.98. The zero-order valence-electron chi connectivity index (χ0n) is 9.25. The Labute approximate surface area is 104 Å². The van der Waals surface area contributed by atoms with E-state index >= 15 is 0 Å². The molecule has 1 unspecified atom stereocenters. The smallest absolute Gasteiger partial charge is 0.252 e. The highest BCUT2D eigenvalue weighted by Gasteiger charge is 2.23. The highest BCUT2D eigenvalue weighted by molar-refractivity contribution is 9.10. The summed E-state index contributed by atoms with van der Waals surface area (Å²) in [4.78, 5) is 11.8. The Morgan fingerprint density at radius 1 is 1.50 bits per heavy atom. The molecule has 1 aromatic carbocycles. The molecule has 4 heteroatoms. The lowest BCUT2D eigenvalue weighted by Crippen LogP contribution is -2.44. The molecule has 84 valence electrons. The van der Waals surface area contributed by atoms with Gasteiger partial charge in [0, 0.05) is 10.0 Å². The van der Waals surface area contributed by atoms with Crippen molar-refractivity contribution in [3.05, 3.63) is 34.3 Å². The minimum absolute atomic E-state index is 0.224. The number of carbonyl (C=O) groups is 1. The van der Waals surface area contributed by atoms with Gasteiger partial charge in [-0.1, -0.05) is 22.9 Å². The number of rotatable bonds is 3. The standard InChI is InChI=1S/C12H13BrN2O/c1-3-12(2,8-14)15-11(16)9-4-6-10(13)7-5-9/h4-7H,3H2,1-2H3,(H,15,16). The molecule has 0 aliphatic carbocycles. The molecule has 0 aliphatic rings. The summed E-state index contributed by atoms with van der Waals surface area (Å²) in [6.07, 6.45) is 0.575. The highest BCUT2D eigenvalue weighted by atomic mass is 79.9. The summed E-state index contributed by atoms with van der Waals surface area (Å²) in [6, 6.07) is 9.12. The van der Waals surface area contributed by atoms with Crippen LogP contribution in [-0.2, 0) is 0 Å². The maximum atomic E-state index is 11.8. The maximum Gasteiger partial charge on any atom is 0.252 e. The molecule has 1 atom stereocenters. The molecular weight excluding hydrogens is 268 g/mol. The van der Waals surface area contributed by atoms with Gasteiger partial charge in [0.25, 0.3) is 5.91 Å². The van der Waals surface area contributed by atoms with E-state index in [4.69, 9.17) is 5.26 Å². The Kier molecular flexibility index (Phi) is 4.08. The monoisotopic (exact) mass is 280 g/mol. The number of hydrogen-bond donors (Lipinski definition) is 1. The highest BCUT2D eigenvalue weighted by Crippen LogP contribution is 2.13. The van der Waals surface area contributed by atoms with E-state index in [1.807, 2.05) is 6.92 Å². The van der Waals surface area contributed by atoms with Crippen LogP contribution in [0.4, 0.5) is 0 Å². The fraction of sp³-hybridized carbons (Fsp3) is 0.333. The Hall–Kier alpha value is -1.34. The summed E-state index contributed by atoms with van der Waals surface area (Å²) >= 11 is 3.30. The molecule has 0 aromatic heterocycles. The number of halogens is 1. The van der Waals surface area contributed by atoms with Crippen molar-refractivity contribution < 1.29 is 4.79 Å². The van der Waals surface area contributed by atoms with Crippen molar-refractivity contribution in [3.63, 3.8) is 0 Å². The van der Waals surface area contributed by atoms with Gasteiger partial charge in [-0.3, -0.25) is 4.79 Å². The first kappa shape index (κ1) is 12.7. The lowest BCUT2D eigenvalue weighted by atomic mass is 10.0. The molecule has 0 heterocycles. The third kappa shape index (κ3) is 3.07. The molecule has 0 fully saturated rings. The van der Waals surface area contributed by atoms with Crippen molar-refractivity contribution in [2.45, 2.75) is 25.8 Å². The molecule has 0 radical (unpaired) electrons. The van der Waals surface area contributed by atoms with Gasteiger partial charge in [-0.2, -0.15) is 5.26 Å². The van der Waals surface area contributed by atoms with Crippen LogP contribution in [0.2, 0.25) is 0 Å². The number of benzene rings is 1. The second-order valence-electron chi connectivity index (χ2n) is 3.76. The summed E-state index contributed by atoms with van der Waals surface area (Å²) in [7, 11) is 0. The molecule has 1 rings (SSSR count). The van der Waals surface area contributed by atoms with E-state index in [-0.39, 0.29) is 5.91 Å². The number of nitrogens with zero attached hydrogens (tertiary/aromatic N) is 1. The fourth-order valence-corrected chi connectivity index (χ4v) is 1.38. The molecule has 0 spiro atoms. The summed E-state index contributed by atoms with van der Waals surface area (Å²) in [5, 5.41) is 11.7. The average Bonchev–Trinajstić information content (AvgIpc) is 2.29. The first-order chi connectivity index (χ1) is 7.50. The van der Waals surface area contributed by atoms with Crippen LogP contribution < -0.4 is 5.32 Å². The van der Waals surface area contributed by atoms with Crippen molar-refractivity contribution in [1.82, 2.24) is 5.32 Å². The topological polar surface area (TPSA) is 52.9 Å². The molecule has 0 aliphatic heterocycles. The summed E-state index contributed by atoms with van der Waals surface area (Å²) < 4.78 is 0.919. The molecule has 1 N–H and O–H groups in total. The minimum Gasteiger partial charge on any atom is -0.334 e. The predicted molar refractivity (Wildman–Crippen MR) is 65.9 cm³/mol. The van der Waals surface area contributed by atoms with Gasteiger partial charge in [0.1, 0.15) is 5.54 Å². The number of hydrogen-bond acceptors (Lipinski definition) is 2. The maximum absolute atomic E-state index is 11.8. The zero-order valence-corrected chi connectivity index (χ0v) is 10.8. The largest absolute Gasteiger partial charge is 0.334 e. The van der Waals surface area contributed by atoms with Crippen molar-refractivity contribution in [2.24, 2.45) is 0 Å². The second-order valence-corrected chi connectivity index (χ2v) is 4.67. The molecule has 0 saturated carbocycles. The quantitative estimate of drug-likeness (QED) is 0.926. The molecule has 1 aromatic rings. The number of nitrogens with one attached hydrogen (secondary N) is 1. The van der Waals surface area contributed by atoms with Crippen molar-refractivity contribution >= 4 is 21.8 Å². The summed E-state index contributed by atoms with van der Waals surface area (Å²) in [5.74, 6) is -0.224. The molecule has 16 heavy (non-hydrogen) atoms. The van der Waals surface area contributed by atoms with E-state index in [9.17, 15) is 4.79 Å². The number of amides is 1. The normalized spacial score (nSPS) is 13.6. The van der Waals surface area contributed by atoms with Crippen LogP contribution in [0.25, 0.3) is 0 Å². The molecular formula is C12H13BrN2O. The zero-order chi connectivity index (χ0) is 12.2. The van der Waals surface area contributed by atoms with Crippen LogP contribution in [0, 0.1) is 11.3 Å². The van der Waals surface area contributed by atoms with Gasteiger partial charge in [0.15, 0.2) is 0 Å². The third-order valence-electron chi connectivity index (χ3n) is 2.45. The van der Waals surface area contributed by atoms with E-state index in [1.165, 1.54) is 0 Å². The van der Waals surface area contributed by atoms with Crippen LogP contribution in [0.3, 0.4) is 0 Å². The van der Waals surface area contributed by atoms with E-state index < -0.39 is 5.54 Å². The lowest BCUT2D eigenvalue weighted by Gasteiger charge is -2.21. The lowest BCUT2D eigenvalue weighted by molar-refractivity contribution is 0.0923. The molecule has 0 bridgehead atoms. The van der Waals surface area contributed by atoms with Crippen molar-refractivity contribution in [3.8, 4) is 6.07 Å². The summed E-state index contributed by atoms with van der Waals surface area (Å²) in [5.41, 5.74) is -0.248. The van der Waals surface area contributed by atoms with Crippen LogP contribution in [0.15, 0.2) is 28.7 Å². The second kappa shape index (κ2) is 5.13. The van der Waals surface area contributed by atoms with Gasteiger partial charge in [0.05, 0.1) is 6.07 Å². The molecule has 0 saturated heterocycles. The Morgan fingerprint density at radius 2 is 2.06 bits per heavy atom. The minimum atomic E-state index is -0.801. The van der Waals surface area contributed by atoms with Crippen LogP contribution in [0.1, 0.15) is 30.6 Å². The van der Waals surface area contributed by atoms with Gasteiger partial charge in [-0.05, 0) is 37.6 Å². The van der Waals surface area contributed by atoms with Crippen LogP contribution in [-0.4, -0.2) is 11.4 Å². The predicted octanol–water partition coefficient (Wildman–Crippen LogP) is 2.87. The number of carbonyl (C=O) groups excluding carboxylic acids is 1. The first-order valence-corrected chi connectivity index (χ1v) is 5.79. The van der Waals surface area contributed by atoms with Gasteiger partial charge in [-0.15, -0.1) is 0 Å². The van der Waals surface area contributed by atoms with Gasteiger partial charge < -0.3 is 5.32 Å². The SMILES string of the molecule is CCC(C)(C#N)NC(=O)c1ccc(Br)cc1. The van der Waals surface area contributed by atoms with E-state index in [0.717, 1.165) is 4.47 Å². The Bertz CT molecular complexity index is 422. The van der Waals surface area contributed by atoms with E-state index in [1.54, 1.807) is 31.2 Å². The Balaban J connectivity index is 2.81. The first-order valence-electron chi connectivity index (χ1n) is 5.00. The molecule has 1 amide bonds. The van der Waals surface area contributed by atoms with Gasteiger partial charge in [-0.25, -0.2) is 0 Å². The van der Waals surface area contributed by atoms with Crippen LogP contribution >= 0.6 is 15.9 Å². The van der Waals surface area contributed by atoms with E-state index in [2.05, 4.69) is 27.3 Å². The van der Waals surface area contributed by atoms with Gasteiger partial charge >= 0.3 is 0 Å². The van der Waals surface area contributed by atoms with Gasteiger partial charge in [0.2, 0.25) is 0 Å². The van der Waals surface area contributed by atoms with E-state index in [0.29, 0.717) is 12.0 Å². The summed E-state index contributed by atoms with van der Waals surface area (Å²) in [6.45, 7) is 3.58. The average molecular weight is 281 g/mol. The molecule has 3 nitrogen and oxygen atoms in total. The fourth-order valence-electron chi connectivity index (χ4n) is 1.12. The van der Waals surface area contributed by atoms with Crippen molar-refractivity contribution in [2.75, 3.05) is 0 Å². The Morgan fingerprint density at radius 3 is 2.50 bits per heavy atom.